The lowest BCUT2D eigenvalue weighted by molar-refractivity contribution is -0.144. The number of carbonyl (C=O) groups excluding carboxylic acids is 1. The molecule has 2 atom stereocenters. The predicted octanol–water partition coefficient (Wildman–Crippen LogP) is 5.88. The SMILES string of the molecule is CCCCCCCCCC(CCCC(=O)OCCC(C)O)C(C)C. The zero-order chi connectivity index (χ0) is 18.2. The van der Waals surface area contributed by atoms with Crippen molar-refractivity contribution in [3.05, 3.63) is 0 Å². The lowest BCUT2D eigenvalue weighted by Crippen LogP contribution is -2.12. The number of rotatable bonds is 16. The van der Waals surface area contributed by atoms with Crippen molar-refractivity contribution < 1.29 is 14.6 Å². The van der Waals surface area contributed by atoms with Gasteiger partial charge in [0.15, 0.2) is 0 Å². The average Bonchev–Trinajstić information content (AvgIpc) is 2.51. The molecule has 0 saturated heterocycles. The van der Waals surface area contributed by atoms with Crippen LogP contribution in [0.25, 0.3) is 0 Å². The molecule has 0 rings (SSSR count). The highest BCUT2D eigenvalue weighted by molar-refractivity contribution is 5.69. The van der Waals surface area contributed by atoms with Gasteiger partial charge in [-0.15, -0.1) is 0 Å². The summed E-state index contributed by atoms with van der Waals surface area (Å²) in [5.74, 6) is 1.30. The third kappa shape index (κ3) is 15.0. The van der Waals surface area contributed by atoms with Crippen LogP contribution in [-0.2, 0) is 9.53 Å². The minimum Gasteiger partial charge on any atom is -0.466 e. The zero-order valence-electron chi connectivity index (χ0n) is 16.7. The number of carbonyl (C=O) groups is 1. The Hall–Kier alpha value is -0.570. The predicted molar refractivity (Wildman–Crippen MR) is 102 cm³/mol. The molecule has 0 amide bonds. The largest absolute Gasteiger partial charge is 0.466 e. The molecular formula is C21H42O3. The van der Waals surface area contributed by atoms with Gasteiger partial charge in [0.1, 0.15) is 0 Å². The lowest BCUT2D eigenvalue weighted by Gasteiger charge is -2.20. The number of esters is 1. The molecular weight excluding hydrogens is 300 g/mol. The maximum atomic E-state index is 11.7. The quantitative estimate of drug-likeness (QED) is 0.281. The molecule has 0 aromatic carbocycles. The highest BCUT2D eigenvalue weighted by Gasteiger charge is 2.14. The van der Waals surface area contributed by atoms with Gasteiger partial charge in [0.25, 0.3) is 0 Å². The van der Waals surface area contributed by atoms with E-state index in [2.05, 4.69) is 20.8 Å². The van der Waals surface area contributed by atoms with Gasteiger partial charge < -0.3 is 9.84 Å². The number of hydrogen-bond donors (Lipinski definition) is 1. The van der Waals surface area contributed by atoms with Crippen LogP contribution in [-0.4, -0.2) is 23.8 Å². The first-order chi connectivity index (χ1) is 11.5. The second-order valence-electron chi connectivity index (χ2n) is 7.66. The van der Waals surface area contributed by atoms with Crippen LogP contribution in [0.2, 0.25) is 0 Å². The first-order valence-corrected chi connectivity index (χ1v) is 10.3. The normalized spacial score (nSPS) is 13.9. The molecule has 0 aromatic heterocycles. The fraction of sp³-hybridized carbons (Fsp3) is 0.952. The van der Waals surface area contributed by atoms with Crippen LogP contribution in [0.4, 0.5) is 0 Å². The molecule has 24 heavy (non-hydrogen) atoms. The Kier molecular flexibility index (Phi) is 15.6. The number of hydrogen-bond acceptors (Lipinski definition) is 3. The van der Waals surface area contributed by atoms with Gasteiger partial charge >= 0.3 is 5.97 Å². The third-order valence-electron chi connectivity index (χ3n) is 4.88. The fourth-order valence-electron chi connectivity index (χ4n) is 3.10. The van der Waals surface area contributed by atoms with E-state index in [1.807, 2.05) is 0 Å². The van der Waals surface area contributed by atoms with Crippen molar-refractivity contribution >= 4 is 5.97 Å². The molecule has 0 bridgehead atoms. The van der Waals surface area contributed by atoms with E-state index in [9.17, 15) is 4.79 Å². The second-order valence-corrected chi connectivity index (χ2v) is 7.66. The van der Waals surface area contributed by atoms with Crippen molar-refractivity contribution in [2.24, 2.45) is 11.8 Å². The van der Waals surface area contributed by atoms with E-state index in [0.29, 0.717) is 25.4 Å². The molecule has 0 heterocycles. The maximum Gasteiger partial charge on any atom is 0.305 e. The van der Waals surface area contributed by atoms with Crippen molar-refractivity contribution in [1.29, 1.82) is 0 Å². The molecule has 0 spiro atoms. The summed E-state index contributed by atoms with van der Waals surface area (Å²) in [6.07, 6.45) is 13.5. The summed E-state index contributed by atoms with van der Waals surface area (Å²) in [7, 11) is 0. The van der Waals surface area contributed by atoms with Gasteiger partial charge in [-0.25, -0.2) is 0 Å². The number of aliphatic hydroxyl groups excluding tert-OH is 1. The molecule has 0 radical (unpaired) electrons. The van der Waals surface area contributed by atoms with Gasteiger partial charge in [0, 0.05) is 12.8 Å². The van der Waals surface area contributed by atoms with Crippen LogP contribution in [0.3, 0.4) is 0 Å². The van der Waals surface area contributed by atoms with E-state index < -0.39 is 6.10 Å². The van der Waals surface area contributed by atoms with E-state index in [0.717, 1.165) is 18.8 Å². The second kappa shape index (κ2) is 15.9. The first kappa shape index (κ1) is 23.4. The molecule has 1 N–H and O–H groups in total. The average molecular weight is 343 g/mol. The summed E-state index contributed by atoms with van der Waals surface area (Å²) in [6, 6.07) is 0. The van der Waals surface area contributed by atoms with Gasteiger partial charge in [-0.05, 0) is 31.6 Å². The standard InChI is InChI=1S/C21H42O3/c1-5-6-7-8-9-10-11-13-20(18(2)3)14-12-15-21(23)24-17-16-19(4)22/h18-20,22H,5-17H2,1-4H3. The number of unbranched alkanes of at least 4 members (excludes halogenated alkanes) is 6. The lowest BCUT2D eigenvalue weighted by atomic mass is 9.86. The number of ether oxygens (including phenoxy) is 1. The van der Waals surface area contributed by atoms with Gasteiger partial charge in [0.2, 0.25) is 0 Å². The van der Waals surface area contributed by atoms with Crippen molar-refractivity contribution in [2.45, 2.75) is 111 Å². The molecule has 2 unspecified atom stereocenters. The maximum absolute atomic E-state index is 11.7. The van der Waals surface area contributed by atoms with E-state index in [-0.39, 0.29) is 5.97 Å². The molecule has 3 heteroatoms. The Morgan fingerprint density at radius 3 is 2.04 bits per heavy atom. The van der Waals surface area contributed by atoms with Crippen molar-refractivity contribution in [3.63, 3.8) is 0 Å². The van der Waals surface area contributed by atoms with Crippen LogP contribution in [0.15, 0.2) is 0 Å². The molecule has 0 aliphatic heterocycles. The molecule has 0 fully saturated rings. The first-order valence-electron chi connectivity index (χ1n) is 10.3. The Balaban J connectivity index is 3.71. The van der Waals surface area contributed by atoms with Crippen LogP contribution < -0.4 is 0 Å². The molecule has 144 valence electrons. The van der Waals surface area contributed by atoms with E-state index in [1.165, 1.54) is 51.4 Å². The topological polar surface area (TPSA) is 46.5 Å². The van der Waals surface area contributed by atoms with E-state index >= 15 is 0 Å². The Morgan fingerprint density at radius 2 is 1.46 bits per heavy atom. The Morgan fingerprint density at radius 1 is 0.875 bits per heavy atom. The third-order valence-corrected chi connectivity index (χ3v) is 4.88. The van der Waals surface area contributed by atoms with Gasteiger partial charge in [-0.2, -0.15) is 0 Å². The fourth-order valence-corrected chi connectivity index (χ4v) is 3.10. The number of aliphatic hydroxyl groups is 1. The monoisotopic (exact) mass is 342 g/mol. The van der Waals surface area contributed by atoms with Crippen LogP contribution in [0.5, 0.6) is 0 Å². The molecule has 0 aliphatic rings. The molecule has 3 nitrogen and oxygen atoms in total. The van der Waals surface area contributed by atoms with Crippen molar-refractivity contribution in [1.82, 2.24) is 0 Å². The smallest absolute Gasteiger partial charge is 0.305 e. The van der Waals surface area contributed by atoms with Crippen LogP contribution >= 0.6 is 0 Å². The molecule has 0 saturated carbocycles. The summed E-state index contributed by atoms with van der Waals surface area (Å²) >= 11 is 0. The highest BCUT2D eigenvalue weighted by Crippen LogP contribution is 2.25. The van der Waals surface area contributed by atoms with Crippen molar-refractivity contribution in [2.75, 3.05) is 6.61 Å². The highest BCUT2D eigenvalue weighted by atomic mass is 16.5. The minimum absolute atomic E-state index is 0.117. The van der Waals surface area contributed by atoms with Crippen molar-refractivity contribution in [3.8, 4) is 0 Å². The van der Waals surface area contributed by atoms with Gasteiger partial charge in [-0.3, -0.25) is 4.79 Å². The zero-order valence-corrected chi connectivity index (χ0v) is 16.7. The molecule has 0 aromatic rings. The van der Waals surface area contributed by atoms with Crippen LogP contribution in [0, 0.1) is 11.8 Å². The summed E-state index contributed by atoms with van der Waals surface area (Å²) in [4.78, 5) is 11.7. The summed E-state index contributed by atoms with van der Waals surface area (Å²) in [5, 5.41) is 9.15. The summed E-state index contributed by atoms with van der Waals surface area (Å²) < 4.78 is 5.14. The molecule has 0 aliphatic carbocycles. The summed E-state index contributed by atoms with van der Waals surface area (Å²) in [5.41, 5.74) is 0. The summed E-state index contributed by atoms with van der Waals surface area (Å²) in [6.45, 7) is 8.91. The minimum atomic E-state index is -0.398. The van der Waals surface area contributed by atoms with Gasteiger partial charge in [0.05, 0.1) is 12.7 Å². The van der Waals surface area contributed by atoms with E-state index in [4.69, 9.17) is 9.84 Å². The van der Waals surface area contributed by atoms with Gasteiger partial charge in [-0.1, -0.05) is 72.1 Å². The Labute approximate surface area is 150 Å². The van der Waals surface area contributed by atoms with Crippen LogP contribution in [0.1, 0.15) is 105 Å². The Bertz CT molecular complexity index is 287. The van der Waals surface area contributed by atoms with E-state index in [1.54, 1.807) is 6.92 Å².